The average molecular weight is 191 g/mol. The number of rotatable bonds is 5. The molecule has 0 radical (unpaired) electrons. The molecule has 0 saturated heterocycles. The summed E-state index contributed by atoms with van der Waals surface area (Å²) in [6, 6.07) is -0.914. The lowest BCUT2D eigenvalue weighted by atomic mass is 10.2. The van der Waals surface area contributed by atoms with Crippen molar-refractivity contribution in [3.05, 3.63) is 11.8 Å². The molecular formula is C9H15F2NO. The number of alkyl halides is 2. The predicted molar refractivity (Wildman–Crippen MR) is 46.7 cm³/mol. The first-order valence-electron chi connectivity index (χ1n) is 4.60. The zero-order valence-electron chi connectivity index (χ0n) is 7.72. The largest absolute Gasteiger partial charge is 0.496 e. The Kier molecular flexibility index (Phi) is 4.15. The number of ether oxygens (including phenoxy) is 1. The monoisotopic (exact) mass is 191 g/mol. The molecule has 1 aliphatic heterocycles. The molecule has 4 heteroatoms. The smallest absolute Gasteiger partial charge is 0.260 e. The summed E-state index contributed by atoms with van der Waals surface area (Å²) >= 11 is 0. The zero-order valence-corrected chi connectivity index (χ0v) is 7.72. The molecule has 0 aromatic carbocycles. The van der Waals surface area contributed by atoms with E-state index in [1.54, 1.807) is 6.08 Å². The van der Waals surface area contributed by atoms with E-state index in [4.69, 9.17) is 4.74 Å². The summed E-state index contributed by atoms with van der Waals surface area (Å²) in [6.07, 6.45) is 0.929. The molecule has 2 nitrogen and oxygen atoms in total. The second-order valence-corrected chi connectivity index (χ2v) is 3.01. The second-order valence-electron chi connectivity index (χ2n) is 3.01. The van der Waals surface area contributed by atoms with Crippen molar-refractivity contribution in [1.29, 1.82) is 0 Å². The lowest BCUT2D eigenvalue weighted by Gasteiger charge is -2.18. The first-order chi connectivity index (χ1) is 6.25. The highest BCUT2D eigenvalue weighted by molar-refractivity contribution is 5.08. The summed E-state index contributed by atoms with van der Waals surface area (Å²) in [7, 11) is 0. The third-order valence-corrected chi connectivity index (χ3v) is 1.90. The fraction of sp³-hybridized carbons (Fsp3) is 0.778. The van der Waals surface area contributed by atoms with Crippen molar-refractivity contribution in [3.63, 3.8) is 0 Å². The molecule has 1 rings (SSSR count). The van der Waals surface area contributed by atoms with Crippen molar-refractivity contribution in [2.75, 3.05) is 13.2 Å². The van der Waals surface area contributed by atoms with Gasteiger partial charge in [0.05, 0.1) is 6.61 Å². The van der Waals surface area contributed by atoms with Crippen LogP contribution in [0.1, 0.15) is 19.8 Å². The minimum absolute atomic E-state index is 0.406. The van der Waals surface area contributed by atoms with Gasteiger partial charge >= 0.3 is 0 Å². The molecule has 0 aromatic rings. The summed E-state index contributed by atoms with van der Waals surface area (Å²) in [5.74, 6) is 0.406. The highest BCUT2D eigenvalue weighted by Crippen LogP contribution is 2.18. The van der Waals surface area contributed by atoms with E-state index in [0.717, 1.165) is 12.8 Å². The Labute approximate surface area is 77.0 Å². The Hall–Kier alpha value is -0.640. The molecule has 1 N–H and O–H groups in total. The maximum absolute atomic E-state index is 12.5. The molecule has 1 aliphatic rings. The van der Waals surface area contributed by atoms with E-state index in [1.165, 1.54) is 0 Å². The molecule has 0 amide bonds. The van der Waals surface area contributed by atoms with Crippen LogP contribution in [0.3, 0.4) is 0 Å². The van der Waals surface area contributed by atoms with Gasteiger partial charge in [0.25, 0.3) is 6.43 Å². The Bertz CT molecular complexity index is 182. The summed E-state index contributed by atoms with van der Waals surface area (Å²) < 4.78 is 30.1. The number of nitrogens with one attached hydrogen (secondary N) is 1. The molecular weight excluding hydrogens is 176 g/mol. The van der Waals surface area contributed by atoms with Crippen LogP contribution in [-0.2, 0) is 4.74 Å². The van der Waals surface area contributed by atoms with Gasteiger partial charge in [0.2, 0.25) is 0 Å². The lowest BCUT2D eigenvalue weighted by Crippen LogP contribution is -2.38. The van der Waals surface area contributed by atoms with Crippen LogP contribution < -0.4 is 5.32 Å². The summed E-state index contributed by atoms with van der Waals surface area (Å²) in [4.78, 5) is 0. The summed E-state index contributed by atoms with van der Waals surface area (Å²) in [5.41, 5.74) is 0. The van der Waals surface area contributed by atoms with Gasteiger partial charge in [-0.25, -0.2) is 8.78 Å². The molecule has 76 valence electrons. The van der Waals surface area contributed by atoms with Crippen molar-refractivity contribution in [1.82, 2.24) is 5.32 Å². The van der Waals surface area contributed by atoms with Gasteiger partial charge in [-0.05, 0) is 19.0 Å². The molecule has 1 unspecified atom stereocenters. The zero-order chi connectivity index (χ0) is 9.68. The van der Waals surface area contributed by atoms with Crippen LogP contribution in [0.15, 0.2) is 11.8 Å². The molecule has 0 spiro atoms. The van der Waals surface area contributed by atoms with E-state index < -0.39 is 12.5 Å². The number of hydrogen-bond donors (Lipinski definition) is 1. The van der Waals surface area contributed by atoms with E-state index in [-0.39, 0.29) is 0 Å². The normalized spacial score (nSPS) is 18.6. The van der Waals surface area contributed by atoms with Crippen LogP contribution in [0.25, 0.3) is 0 Å². The first-order valence-corrected chi connectivity index (χ1v) is 4.60. The van der Waals surface area contributed by atoms with Crippen LogP contribution in [0, 0.1) is 0 Å². The van der Waals surface area contributed by atoms with Gasteiger partial charge in [0, 0.05) is 6.42 Å². The minimum atomic E-state index is -2.39. The van der Waals surface area contributed by atoms with E-state index >= 15 is 0 Å². The maximum atomic E-state index is 12.5. The second kappa shape index (κ2) is 5.17. The lowest BCUT2D eigenvalue weighted by molar-refractivity contribution is 0.0811. The Balaban J connectivity index is 2.46. The molecule has 0 saturated carbocycles. The first kappa shape index (κ1) is 10.4. The van der Waals surface area contributed by atoms with Crippen molar-refractivity contribution in [2.45, 2.75) is 32.2 Å². The number of halogens is 2. The van der Waals surface area contributed by atoms with Crippen LogP contribution in [0.2, 0.25) is 0 Å². The fourth-order valence-electron chi connectivity index (χ4n) is 1.27. The molecule has 13 heavy (non-hydrogen) atoms. The quantitative estimate of drug-likeness (QED) is 0.716. The number of hydrogen-bond acceptors (Lipinski definition) is 2. The van der Waals surface area contributed by atoms with E-state index in [2.05, 4.69) is 5.32 Å². The van der Waals surface area contributed by atoms with Crippen LogP contribution in [0.4, 0.5) is 8.78 Å². The summed E-state index contributed by atoms with van der Waals surface area (Å²) in [5, 5.41) is 2.77. The topological polar surface area (TPSA) is 21.3 Å². The van der Waals surface area contributed by atoms with Crippen molar-refractivity contribution in [2.24, 2.45) is 0 Å². The van der Waals surface area contributed by atoms with Gasteiger partial charge in [0.1, 0.15) is 11.8 Å². The van der Waals surface area contributed by atoms with Crippen molar-refractivity contribution >= 4 is 0 Å². The highest BCUT2D eigenvalue weighted by Gasteiger charge is 2.26. The Morgan fingerprint density at radius 2 is 2.38 bits per heavy atom. The van der Waals surface area contributed by atoms with Crippen LogP contribution in [-0.4, -0.2) is 25.6 Å². The van der Waals surface area contributed by atoms with Gasteiger partial charge in [-0.15, -0.1) is 0 Å². The van der Waals surface area contributed by atoms with Gasteiger partial charge in [-0.3, -0.25) is 0 Å². The minimum Gasteiger partial charge on any atom is -0.496 e. The molecule has 0 fully saturated rings. The van der Waals surface area contributed by atoms with Crippen LogP contribution >= 0.6 is 0 Å². The van der Waals surface area contributed by atoms with Gasteiger partial charge in [-0.2, -0.15) is 0 Å². The van der Waals surface area contributed by atoms with E-state index in [9.17, 15) is 8.78 Å². The molecule has 1 heterocycles. The molecule has 0 aromatic heterocycles. The molecule has 0 aliphatic carbocycles. The van der Waals surface area contributed by atoms with Gasteiger partial charge < -0.3 is 10.1 Å². The Morgan fingerprint density at radius 3 is 2.85 bits per heavy atom. The SMILES string of the molecule is CCCNC(C1=CCCO1)C(F)F. The predicted octanol–water partition coefficient (Wildman–Crippen LogP) is 1.92. The standard InChI is InChI=1S/C9H15F2NO/c1-2-5-12-8(9(10)11)7-4-3-6-13-7/h4,8-9,12H,2-3,5-6H2,1H3. The third kappa shape index (κ3) is 2.95. The van der Waals surface area contributed by atoms with Gasteiger partial charge in [0.15, 0.2) is 0 Å². The van der Waals surface area contributed by atoms with Gasteiger partial charge in [-0.1, -0.05) is 6.92 Å². The van der Waals surface area contributed by atoms with Crippen molar-refractivity contribution in [3.8, 4) is 0 Å². The van der Waals surface area contributed by atoms with E-state index in [1.807, 2.05) is 6.92 Å². The highest BCUT2D eigenvalue weighted by atomic mass is 19.3. The summed E-state index contributed by atoms with van der Waals surface area (Å²) in [6.45, 7) is 3.07. The average Bonchev–Trinajstić information content (AvgIpc) is 2.57. The Morgan fingerprint density at radius 1 is 1.62 bits per heavy atom. The molecule has 0 bridgehead atoms. The van der Waals surface area contributed by atoms with E-state index in [0.29, 0.717) is 18.9 Å². The maximum Gasteiger partial charge on any atom is 0.260 e. The fourth-order valence-corrected chi connectivity index (χ4v) is 1.27. The van der Waals surface area contributed by atoms with Crippen molar-refractivity contribution < 1.29 is 13.5 Å². The van der Waals surface area contributed by atoms with Crippen LogP contribution in [0.5, 0.6) is 0 Å². The molecule has 1 atom stereocenters. The third-order valence-electron chi connectivity index (χ3n) is 1.90.